The van der Waals surface area contributed by atoms with Crippen LogP contribution in [0.1, 0.15) is 22.7 Å². The van der Waals surface area contributed by atoms with Crippen molar-refractivity contribution in [2.45, 2.75) is 5.92 Å². The molecule has 0 atom stereocenters. The van der Waals surface area contributed by atoms with Gasteiger partial charge in [-0.15, -0.1) is 0 Å². The number of hydrogen-bond donors (Lipinski definition) is 0. The van der Waals surface area contributed by atoms with Gasteiger partial charge in [0.2, 0.25) is 0 Å². The van der Waals surface area contributed by atoms with Gasteiger partial charge in [0, 0.05) is 10.9 Å². The SMILES string of the molecule is c1ccc(-c2cc3ccccc3nc2C(c2ccccc2)c2ccccc2)cc1. The monoisotopic (exact) mass is 371 g/mol. The molecule has 138 valence electrons. The van der Waals surface area contributed by atoms with Crippen molar-refractivity contribution < 1.29 is 0 Å². The third kappa shape index (κ3) is 3.43. The van der Waals surface area contributed by atoms with Crippen molar-refractivity contribution in [1.82, 2.24) is 4.98 Å². The van der Waals surface area contributed by atoms with Gasteiger partial charge in [0.25, 0.3) is 0 Å². The van der Waals surface area contributed by atoms with Crippen LogP contribution in [0, 0.1) is 0 Å². The minimum atomic E-state index is 0.0669. The lowest BCUT2D eigenvalue weighted by Crippen LogP contribution is -2.08. The van der Waals surface area contributed by atoms with Crippen LogP contribution in [0.4, 0.5) is 0 Å². The molecule has 0 aliphatic heterocycles. The third-order valence-corrected chi connectivity index (χ3v) is 5.38. The molecule has 1 nitrogen and oxygen atoms in total. The van der Waals surface area contributed by atoms with Gasteiger partial charge >= 0.3 is 0 Å². The molecule has 0 radical (unpaired) electrons. The quantitative estimate of drug-likeness (QED) is 0.329. The molecule has 29 heavy (non-hydrogen) atoms. The molecule has 1 heterocycles. The second-order valence-electron chi connectivity index (χ2n) is 7.23. The largest absolute Gasteiger partial charge is 0.251 e. The average Bonchev–Trinajstić information content (AvgIpc) is 2.81. The zero-order valence-electron chi connectivity index (χ0n) is 16.1. The Morgan fingerprint density at radius 2 is 1.03 bits per heavy atom. The Hall–Kier alpha value is -3.71. The van der Waals surface area contributed by atoms with Crippen LogP contribution < -0.4 is 0 Å². The highest BCUT2D eigenvalue weighted by Gasteiger charge is 2.22. The van der Waals surface area contributed by atoms with Crippen molar-refractivity contribution in [2.24, 2.45) is 0 Å². The number of benzene rings is 4. The fraction of sp³-hybridized carbons (Fsp3) is 0.0357. The molecular weight excluding hydrogens is 350 g/mol. The molecule has 1 heteroatoms. The van der Waals surface area contributed by atoms with Gasteiger partial charge in [-0.3, -0.25) is 4.98 Å². The maximum atomic E-state index is 5.20. The Morgan fingerprint density at radius 3 is 1.66 bits per heavy atom. The molecule has 0 fully saturated rings. The van der Waals surface area contributed by atoms with Crippen molar-refractivity contribution >= 4 is 10.9 Å². The summed E-state index contributed by atoms with van der Waals surface area (Å²) < 4.78 is 0. The van der Waals surface area contributed by atoms with E-state index in [-0.39, 0.29) is 5.92 Å². The summed E-state index contributed by atoms with van der Waals surface area (Å²) in [6, 6.07) is 42.6. The Labute approximate surface area is 171 Å². The zero-order valence-corrected chi connectivity index (χ0v) is 16.1. The fourth-order valence-corrected chi connectivity index (χ4v) is 4.00. The van der Waals surface area contributed by atoms with Gasteiger partial charge in [-0.05, 0) is 28.8 Å². The van der Waals surface area contributed by atoms with Crippen molar-refractivity contribution in [3.63, 3.8) is 0 Å². The van der Waals surface area contributed by atoms with Crippen LogP contribution in [0.3, 0.4) is 0 Å². The molecule has 0 aliphatic rings. The predicted molar refractivity (Wildman–Crippen MR) is 121 cm³/mol. The number of aromatic nitrogens is 1. The van der Waals surface area contributed by atoms with Crippen molar-refractivity contribution in [3.8, 4) is 11.1 Å². The first-order valence-electron chi connectivity index (χ1n) is 9.95. The molecule has 0 aliphatic carbocycles. The Kier molecular flexibility index (Phi) is 4.63. The van der Waals surface area contributed by atoms with E-state index in [0.29, 0.717) is 0 Å². The summed E-state index contributed by atoms with van der Waals surface area (Å²) in [6.45, 7) is 0. The van der Waals surface area contributed by atoms with Crippen LogP contribution in [0.25, 0.3) is 22.0 Å². The molecule has 5 aromatic rings. The van der Waals surface area contributed by atoms with Gasteiger partial charge < -0.3 is 0 Å². The Morgan fingerprint density at radius 1 is 0.517 bits per heavy atom. The van der Waals surface area contributed by atoms with Gasteiger partial charge in [0.05, 0.1) is 17.1 Å². The molecule has 0 spiro atoms. The molecule has 5 rings (SSSR count). The smallest absolute Gasteiger partial charge is 0.0706 e. The van der Waals surface area contributed by atoms with E-state index in [1.807, 2.05) is 0 Å². The predicted octanol–water partition coefficient (Wildman–Crippen LogP) is 7.08. The second-order valence-corrected chi connectivity index (χ2v) is 7.23. The van der Waals surface area contributed by atoms with Gasteiger partial charge in [-0.2, -0.15) is 0 Å². The first kappa shape index (κ1) is 17.4. The maximum Gasteiger partial charge on any atom is 0.0706 e. The van der Waals surface area contributed by atoms with E-state index < -0.39 is 0 Å². The number of fused-ring (bicyclic) bond motifs is 1. The molecule has 0 unspecified atom stereocenters. The fourth-order valence-electron chi connectivity index (χ4n) is 4.00. The topological polar surface area (TPSA) is 12.9 Å². The molecule has 4 aromatic carbocycles. The van der Waals surface area contributed by atoms with Gasteiger partial charge in [-0.25, -0.2) is 0 Å². The van der Waals surface area contributed by atoms with Crippen molar-refractivity contribution in [1.29, 1.82) is 0 Å². The Bertz CT molecular complexity index is 1190. The lowest BCUT2D eigenvalue weighted by atomic mass is 9.84. The number of nitrogens with zero attached hydrogens (tertiary/aromatic N) is 1. The number of hydrogen-bond acceptors (Lipinski definition) is 1. The van der Waals surface area contributed by atoms with E-state index in [1.165, 1.54) is 22.3 Å². The van der Waals surface area contributed by atoms with E-state index in [0.717, 1.165) is 16.6 Å². The zero-order chi connectivity index (χ0) is 19.5. The third-order valence-electron chi connectivity index (χ3n) is 5.38. The summed E-state index contributed by atoms with van der Waals surface area (Å²) in [6.07, 6.45) is 0. The highest BCUT2D eigenvalue weighted by atomic mass is 14.7. The summed E-state index contributed by atoms with van der Waals surface area (Å²) in [7, 11) is 0. The van der Waals surface area contributed by atoms with Crippen LogP contribution >= 0.6 is 0 Å². The highest BCUT2D eigenvalue weighted by molar-refractivity contribution is 5.85. The van der Waals surface area contributed by atoms with Gasteiger partial charge in [-0.1, -0.05) is 109 Å². The van der Waals surface area contributed by atoms with Crippen LogP contribution in [0.5, 0.6) is 0 Å². The average molecular weight is 371 g/mol. The van der Waals surface area contributed by atoms with E-state index in [1.54, 1.807) is 0 Å². The molecule has 0 bridgehead atoms. The van der Waals surface area contributed by atoms with E-state index in [9.17, 15) is 0 Å². The molecule has 0 saturated heterocycles. The Balaban J connectivity index is 1.83. The summed E-state index contributed by atoms with van der Waals surface area (Å²) >= 11 is 0. The molecular formula is C28H21N. The first-order valence-corrected chi connectivity index (χ1v) is 9.95. The minimum absolute atomic E-state index is 0.0669. The van der Waals surface area contributed by atoms with Crippen LogP contribution in [-0.4, -0.2) is 4.98 Å². The normalized spacial score (nSPS) is 11.1. The van der Waals surface area contributed by atoms with Crippen LogP contribution in [-0.2, 0) is 0 Å². The van der Waals surface area contributed by atoms with E-state index in [2.05, 4.69) is 121 Å². The highest BCUT2D eigenvalue weighted by Crippen LogP contribution is 2.38. The van der Waals surface area contributed by atoms with Crippen LogP contribution in [0.2, 0.25) is 0 Å². The lowest BCUT2D eigenvalue weighted by Gasteiger charge is -2.22. The lowest BCUT2D eigenvalue weighted by molar-refractivity contribution is 0.932. The molecule has 0 N–H and O–H groups in total. The number of rotatable bonds is 4. The summed E-state index contributed by atoms with van der Waals surface area (Å²) in [5.74, 6) is 0.0669. The second kappa shape index (κ2) is 7.73. The van der Waals surface area contributed by atoms with E-state index >= 15 is 0 Å². The van der Waals surface area contributed by atoms with Crippen molar-refractivity contribution in [3.05, 3.63) is 138 Å². The first-order chi connectivity index (χ1) is 14.4. The summed E-state index contributed by atoms with van der Waals surface area (Å²) in [5.41, 5.74) is 6.99. The number of pyridine rings is 1. The van der Waals surface area contributed by atoms with E-state index in [4.69, 9.17) is 4.98 Å². The molecule has 0 amide bonds. The van der Waals surface area contributed by atoms with Crippen molar-refractivity contribution in [2.75, 3.05) is 0 Å². The summed E-state index contributed by atoms with van der Waals surface area (Å²) in [4.78, 5) is 5.20. The molecule has 0 saturated carbocycles. The maximum absolute atomic E-state index is 5.20. The standard InChI is InChI=1S/C28H21N/c1-4-12-21(13-5-1)25-20-24-18-10-11-19-26(24)29-28(25)27(22-14-6-2-7-15-22)23-16-8-3-9-17-23/h1-20,27H. The van der Waals surface area contributed by atoms with Crippen LogP contribution in [0.15, 0.2) is 121 Å². The van der Waals surface area contributed by atoms with Gasteiger partial charge in [0.15, 0.2) is 0 Å². The molecule has 1 aromatic heterocycles. The van der Waals surface area contributed by atoms with Gasteiger partial charge in [0.1, 0.15) is 0 Å². The summed E-state index contributed by atoms with van der Waals surface area (Å²) in [5, 5.41) is 1.16. The minimum Gasteiger partial charge on any atom is -0.251 e. The number of para-hydroxylation sites is 1.